The molecule has 0 aromatic heterocycles. The Morgan fingerprint density at radius 2 is 1.88 bits per heavy atom. The fraction of sp³-hybridized carbons (Fsp3) is 0.571. The Hall–Kier alpha value is -0.630. The third kappa shape index (κ3) is 2.94. The normalized spacial score (nSPS) is 25.6. The lowest BCUT2D eigenvalue weighted by Crippen LogP contribution is -2.13. The van der Waals surface area contributed by atoms with Gasteiger partial charge in [0.05, 0.1) is 0 Å². The smallest absolute Gasteiger partial charge is 0.0344 e. The van der Waals surface area contributed by atoms with Crippen molar-refractivity contribution in [3.63, 3.8) is 0 Å². The predicted octanol–water partition coefficient (Wildman–Crippen LogP) is 4.25. The molecule has 1 aromatic rings. The van der Waals surface area contributed by atoms with Gasteiger partial charge in [-0.15, -0.1) is 11.8 Å². The molecule has 0 spiro atoms. The van der Waals surface area contributed by atoms with Gasteiger partial charge in [-0.1, -0.05) is 6.92 Å². The molecule has 16 heavy (non-hydrogen) atoms. The van der Waals surface area contributed by atoms with Gasteiger partial charge in [-0.25, -0.2) is 0 Å². The summed E-state index contributed by atoms with van der Waals surface area (Å²) in [6.45, 7) is 4.45. The predicted molar refractivity (Wildman–Crippen MR) is 72.9 cm³/mol. The van der Waals surface area contributed by atoms with Gasteiger partial charge < -0.3 is 5.73 Å². The summed E-state index contributed by atoms with van der Waals surface area (Å²) in [7, 11) is 0. The first kappa shape index (κ1) is 11.8. The number of benzene rings is 1. The quantitative estimate of drug-likeness (QED) is 0.776. The summed E-state index contributed by atoms with van der Waals surface area (Å²) < 4.78 is 0. The summed E-state index contributed by atoms with van der Waals surface area (Å²) in [4.78, 5) is 1.38. The Morgan fingerprint density at radius 3 is 2.50 bits per heavy atom. The number of aryl methyl sites for hydroxylation is 1. The highest BCUT2D eigenvalue weighted by molar-refractivity contribution is 8.00. The van der Waals surface area contributed by atoms with E-state index in [1.807, 2.05) is 17.8 Å². The molecule has 1 aromatic carbocycles. The van der Waals surface area contributed by atoms with Crippen LogP contribution in [-0.4, -0.2) is 5.25 Å². The molecule has 0 saturated heterocycles. The maximum Gasteiger partial charge on any atom is 0.0344 e. The van der Waals surface area contributed by atoms with Gasteiger partial charge in [0.1, 0.15) is 0 Å². The van der Waals surface area contributed by atoms with E-state index in [1.54, 1.807) is 0 Å². The summed E-state index contributed by atoms with van der Waals surface area (Å²) in [6.07, 6.45) is 5.53. The molecule has 2 rings (SSSR count). The Morgan fingerprint density at radius 1 is 1.19 bits per heavy atom. The Bertz CT molecular complexity index is 354. The second kappa shape index (κ2) is 5.13. The van der Waals surface area contributed by atoms with Crippen molar-refractivity contribution in [1.82, 2.24) is 0 Å². The third-order valence-corrected chi connectivity index (χ3v) is 4.84. The van der Waals surface area contributed by atoms with Gasteiger partial charge in [-0.05, 0) is 62.3 Å². The first-order valence-electron chi connectivity index (χ1n) is 6.18. The van der Waals surface area contributed by atoms with E-state index >= 15 is 0 Å². The summed E-state index contributed by atoms with van der Waals surface area (Å²) in [5.41, 5.74) is 7.94. The number of anilines is 1. The van der Waals surface area contributed by atoms with Crippen LogP contribution in [0.1, 0.15) is 38.2 Å². The van der Waals surface area contributed by atoms with Gasteiger partial charge in [-0.3, -0.25) is 0 Å². The van der Waals surface area contributed by atoms with E-state index in [1.165, 1.54) is 36.1 Å². The van der Waals surface area contributed by atoms with Crippen molar-refractivity contribution in [2.75, 3.05) is 5.73 Å². The molecule has 0 atom stereocenters. The highest BCUT2D eigenvalue weighted by Crippen LogP contribution is 2.36. The fourth-order valence-electron chi connectivity index (χ4n) is 2.26. The van der Waals surface area contributed by atoms with Crippen molar-refractivity contribution in [3.8, 4) is 0 Å². The standard InChI is InChI=1S/C14H21NS/c1-10-3-5-12(6-4-10)16-13-7-8-14(15)11(2)9-13/h7-10,12H,3-6,15H2,1-2H3. The van der Waals surface area contributed by atoms with Crippen molar-refractivity contribution >= 4 is 17.4 Å². The molecule has 1 aliphatic carbocycles. The average Bonchev–Trinajstić information content (AvgIpc) is 2.27. The molecule has 1 fully saturated rings. The molecule has 88 valence electrons. The Kier molecular flexibility index (Phi) is 3.80. The first-order valence-corrected chi connectivity index (χ1v) is 7.06. The first-order chi connectivity index (χ1) is 7.65. The minimum absolute atomic E-state index is 0.819. The van der Waals surface area contributed by atoms with Gasteiger partial charge >= 0.3 is 0 Å². The molecule has 1 aliphatic rings. The zero-order chi connectivity index (χ0) is 11.5. The summed E-state index contributed by atoms with van der Waals surface area (Å²) in [5.74, 6) is 0.935. The van der Waals surface area contributed by atoms with Crippen molar-refractivity contribution in [2.45, 2.75) is 49.7 Å². The van der Waals surface area contributed by atoms with E-state index in [2.05, 4.69) is 26.0 Å². The van der Waals surface area contributed by atoms with Gasteiger partial charge in [0.2, 0.25) is 0 Å². The van der Waals surface area contributed by atoms with Crippen LogP contribution >= 0.6 is 11.8 Å². The van der Waals surface area contributed by atoms with Crippen LogP contribution in [0.2, 0.25) is 0 Å². The number of thioether (sulfide) groups is 1. The van der Waals surface area contributed by atoms with E-state index in [-0.39, 0.29) is 0 Å². The van der Waals surface area contributed by atoms with Crippen molar-refractivity contribution in [3.05, 3.63) is 23.8 Å². The number of nitrogens with two attached hydrogens (primary N) is 1. The van der Waals surface area contributed by atoms with Crippen LogP contribution < -0.4 is 5.73 Å². The maximum atomic E-state index is 5.83. The van der Waals surface area contributed by atoms with Crippen LogP contribution in [0.3, 0.4) is 0 Å². The lowest BCUT2D eigenvalue weighted by atomic mass is 9.91. The zero-order valence-corrected chi connectivity index (χ0v) is 11.0. The van der Waals surface area contributed by atoms with E-state index in [9.17, 15) is 0 Å². The minimum Gasteiger partial charge on any atom is -0.399 e. The van der Waals surface area contributed by atoms with E-state index in [0.717, 1.165) is 16.9 Å². The molecule has 0 amide bonds. The van der Waals surface area contributed by atoms with E-state index < -0.39 is 0 Å². The topological polar surface area (TPSA) is 26.0 Å². The number of rotatable bonds is 2. The SMILES string of the molecule is Cc1cc(SC2CCC(C)CC2)ccc1N. The van der Waals surface area contributed by atoms with Gasteiger partial charge in [0, 0.05) is 15.8 Å². The molecule has 2 N–H and O–H groups in total. The molecule has 1 saturated carbocycles. The van der Waals surface area contributed by atoms with Crippen LogP contribution in [0.25, 0.3) is 0 Å². The minimum atomic E-state index is 0.819. The van der Waals surface area contributed by atoms with Crippen LogP contribution in [0.5, 0.6) is 0 Å². The van der Waals surface area contributed by atoms with Crippen LogP contribution in [0.4, 0.5) is 5.69 Å². The van der Waals surface area contributed by atoms with E-state index in [0.29, 0.717) is 0 Å². The summed E-state index contributed by atoms with van der Waals surface area (Å²) in [5, 5.41) is 0.819. The Labute approximate surface area is 103 Å². The molecule has 0 unspecified atom stereocenters. The largest absolute Gasteiger partial charge is 0.399 e. The molecule has 0 radical (unpaired) electrons. The van der Waals surface area contributed by atoms with Crippen molar-refractivity contribution in [1.29, 1.82) is 0 Å². The second-order valence-corrected chi connectivity index (χ2v) is 6.39. The molecular weight excluding hydrogens is 214 g/mol. The van der Waals surface area contributed by atoms with Gasteiger partial charge in [-0.2, -0.15) is 0 Å². The van der Waals surface area contributed by atoms with Crippen molar-refractivity contribution in [2.24, 2.45) is 5.92 Å². The highest BCUT2D eigenvalue weighted by atomic mass is 32.2. The third-order valence-electron chi connectivity index (χ3n) is 3.51. The second-order valence-electron chi connectivity index (χ2n) is 5.02. The average molecular weight is 235 g/mol. The van der Waals surface area contributed by atoms with Crippen LogP contribution in [-0.2, 0) is 0 Å². The van der Waals surface area contributed by atoms with Crippen LogP contribution in [0, 0.1) is 12.8 Å². The molecule has 0 aliphatic heterocycles. The van der Waals surface area contributed by atoms with Gasteiger partial charge in [0.15, 0.2) is 0 Å². The van der Waals surface area contributed by atoms with Crippen molar-refractivity contribution < 1.29 is 0 Å². The number of hydrogen-bond acceptors (Lipinski definition) is 2. The summed E-state index contributed by atoms with van der Waals surface area (Å²) in [6, 6.07) is 6.41. The summed E-state index contributed by atoms with van der Waals surface area (Å²) >= 11 is 2.03. The molecule has 1 nitrogen and oxygen atoms in total. The van der Waals surface area contributed by atoms with Crippen LogP contribution in [0.15, 0.2) is 23.1 Å². The van der Waals surface area contributed by atoms with Gasteiger partial charge in [0.25, 0.3) is 0 Å². The lowest BCUT2D eigenvalue weighted by Gasteiger charge is -2.25. The number of nitrogen functional groups attached to an aromatic ring is 1. The molecule has 2 heteroatoms. The Balaban J connectivity index is 1.96. The lowest BCUT2D eigenvalue weighted by molar-refractivity contribution is 0.393. The number of hydrogen-bond donors (Lipinski definition) is 1. The monoisotopic (exact) mass is 235 g/mol. The van der Waals surface area contributed by atoms with E-state index in [4.69, 9.17) is 5.73 Å². The molecule has 0 bridgehead atoms. The molecule has 0 heterocycles. The molecular formula is C14H21NS. The fourth-order valence-corrected chi connectivity index (χ4v) is 3.55. The maximum absolute atomic E-state index is 5.83. The zero-order valence-electron chi connectivity index (χ0n) is 10.2. The highest BCUT2D eigenvalue weighted by Gasteiger charge is 2.18.